The van der Waals surface area contributed by atoms with E-state index in [1.807, 2.05) is 6.92 Å². The SMILES string of the molecule is CCOC(=O)C(Nc1ccc(C#N)cc1)c1cc(OCC)cc(OC2CCCC2O)c1. The molecule has 0 aromatic heterocycles. The van der Waals surface area contributed by atoms with Crippen LogP contribution in [0.15, 0.2) is 42.5 Å². The molecule has 3 atom stereocenters. The fourth-order valence-corrected chi connectivity index (χ4v) is 3.61. The Balaban J connectivity index is 1.93. The molecule has 1 aliphatic carbocycles. The van der Waals surface area contributed by atoms with Crippen molar-refractivity contribution >= 4 is 11.7 Å². The number of rotatable bonds is 9. The van der Waals surface area contributed by atoms with Gasteiger partial charge >= 0.3 is 5.97 Å². The summed E-state index contributed by atoms with van der Waals surface area (Å²) < 4.78 is 17.0. The third-order valence-electron chi connectivity index (χ3n) is 5.10. The number of aliphatic hydroxyl groups is 1. The molecule has 0 radical (unpaired) electrons. The lowest BCUT2D eigenvalue weighted by Crippen LogP contribution is -2.26. The maximum absolute atomic E-state index is 12.8. The van der Waals surface area contributed by atoms with Gasteiger partial charge in [0.15, 0.2) is 6.04 Å². The van der Waals surface area contributed by atoms with E-state index in [1.165, 1.54) is 0 Å². The van der Waals surface area contributed by atoms with Crippen LogP contribution in [0.25, 0.3) is 0 Å². The monoisotopic (exact) mass is 424 g/mol. The maximum Gasteiger partial charge on any atom is 0.333 e. The molecule has 3 rings (SSSR count). The van der Waals surface area contributed by atoms with Crippen molar-refractivity contribution in [3.63, 3.8) is 0 Å². The molecule has 3 unspecified atom stereocenters. The van der Waals surface area contributed by atoms with Crippen molar-refractivity contribution in [3.05, 3.63) is 53.6 Å². The van der Waals surface area contributed by atoms with E-state index < -0.39 is 18.1 Å². The van der Waals surface area contributed by atoms with Crippen LogP contribution in [0.2, 0.25) is 0 Å². The van der Waals surface area contributed by atoms with E-state index in [9.17, 15) is 9.90 Å². The van der Waals surface area contributed by atoms with E-state index in [1.54, 1.807) is 49.4 Å². The first-order valence-electron chi connectivity index (χ1n) is 10.6. The average Bonchev–Trinajstić information content (AvgIpc) is 3.17. The van der Waals surface area contributed by atoms with Crippen LogP contribution in [0.1, 0.15) is 50.3 Å². The third-order valence-corrected chi connectivity index (χ3v) is 5.10. The Kier molecular flexibility index (Phi) is 7.74. The lowest BCUT2D eigenvalue weighted by Gasteiger charge is -2.22. The molecule has 0 amide bonds. The Labute approximate surface area is 182 Å². The van der Waals surface area contributed by atoms with Crippen LogP contribution in [-0.2, 0) is 9.53 Å². The average molecular weight is 424 g/mol. The number of carbonyl (C=O) groups is 1. The minimum absolute atomic E-state index is 0.243. The molecule has 2 aromatic carbocycles. The minimum atomic E-state index is -0.802. The van der Waals surface area contributed by atoms with Crippen LogP contribution >= 0.6 is 0 Å². The van der Waals surface area contributed by atoms with E-state index in [0.29, 0.717) is 41.3 Å². The molecular weight excluding hydrogens is 396 g/mol. The van der Waals surface area contributed by atoms with Crippen LogP contribution in [0.5, 0.6) is 11.5 Å². The number of esters is 1. The summed E-state index contributed by atoms with van der Waals surface area (Å²) in [4.78, 5) is 12.8. The molecule has 0 spiro atoms. The van der Waals surface area contributed by atoms with Gasteiger partial charge in [-0.15, -0.1) is 0 Å². The van der Waals surface area contributed by atoms with E-state index >= 15 is 0 Å². The number of hydrogen-bond acceptors (Lipinski definition) is 7. The Bertz CT molecular complexity index is 923. The van der Waals surface area contributed by atoms with Gasteiger partial charge in [0.1, 0.15) is 17.6 Å². The lowest BCUT2D eigenvalue weighted by atomic mass is 10.0. The van der Waals surface area contributed by atoms with Crippen molar-refractivity contribution in [2.75, 3.05) is 18.5 Å². The van der Waals surface area contributed by atoms with Crippen LogP contribution in [0.4, 0.5) is 5.69 Å². The molecule has 1 fully saturated rings. The number of hydrogen-bond donors (Lipinski definition) is 2. The van der Waals surface area contributed by atoms with E-state index in [0.717, 1.165) is 12.8 Å². The Morgan fingerprint density at radius 2 is 1.90 bits per heavy atom. The van der Waals surface area contributed by atoms with Crippen molar-refractivity contribution in [2.24, 2.45) is 0 Å². The zero-order valence-corrected chi connectivity index (χ0v) is 17.8. The zero-order chi connectivity index (χ0) is 22.2. The molecule has 2 N–H and O–H groups in total. The summed E-state index contributed by atoms with van der Waals surface area (Å²) in [6, 6.07) is 13.4. The predicted octanol–water partition coefficient (Wildman–Crippen LogP) is 3.97. The maximum atomic E-state index is 12.8. The summed E-state index contributed by atoms with van der Waals surface area (Å²) in [7, 11) is 0. The summed E-state index contributed by atoms with van der Waals surface area (Å²) in [5.41, 5.74) is 1.83. The summed E-state index contributed by atoms with van der Waals surface area (Å²) in [5, 5.41) is 22.3. The first-order chi connectivity index (χ1) is 15.0. The minimum Gasteiger partial charge on any atom is -0.494 e. The highest BCUT2D eigenvalue weighted by molar-refractivity contribution is 5.81. The van der Waals surface area contributed by atoms with E-state index in [2.05, 4.69) is 11.4 Å². The molecule has 1 aliphatic rings. The number of anilines is 1. The highest BCUT2D eigenvalue weighted by Crippen LogP contribution is 2.32. The van der Waals surface area contributed by atoms with Gasteiger partial charge in [-0.3, -0.25) is 0 Å². The predicted molar refractivity (Wildman–Crippen MR) is 116 cm³/mol. The highest BCUT2D eigenvalue weighted by Gasteiger charge is 2.28. The van der Waals surface area contributed by atoms with Gasteiger partial charge in [0.05, 0.1) is 31.0 Å². The van der Waals surface area contributed by atoms with Gasteiger partial charge in [-0.25, -0.2) is 4.79 Å². The van der Waals surface area contributed by atoms with Crippen LogP contribution < -0.4 is 14.8 Å². The molecule has 31 heavy (non-hydrogen) atoms. The fourth-order valence-electron chi connectivity index (χ4n) is 3.61. The number of nitrogens with one attached hydrogen (secondary N) is 1. The van der Waals surface area contributed by atoms with Gasteiger partial charge in [-0.1, -0.05) is 0 Å². The molecule has 0 bridgehead atoms. The number of ether oxygens (including phenoxy) is 3. The second-order valence-corrected chi connectivity index (χ2v) is 7.34. The summed E-state index contributed by atoms with van der Waals surface area (Å²) in [5.74, 6) is 0.661. The topological polar surface area (TPSA) is 101 Å². The first-order valence-corrected chi connectivity index (χ1v) is 10.6. The Morgan fingerprint density at radius 3 is 2.52 bits per heavy atom. The van der Waals surface area contributed by atoms with Gasteiger partial charge < -0.3 is 24.6 Å². The zero-order valence-electron chi connectivity index (χ0n) is 17.8. The number of benzene rings is 2. The molecular formula is C24H28N2O5. The molecule has 1 saturated carbocycles. The number of aliphatic hydroxyl groups excluding tert-OH is 1. The number of nitrogens with zero attached hydrogens (tertiary/aromatic N) is 1. The van der Waals surface area contributed by atoms with Crippen molar-refractivity contribution in [1.29, 1.82) is 5.26 Å². The number of nitriles is 1. The molecule has 2 aromatic rings. The Hall–Kier alpha value is -3.24. The van der Waals surface area contributed by atoms with Crippen molar-refractivity contribution < 1.29 is 24.1 Å². The second-order valence-electron chi connectivity index (χ2n) is 7.34. The van der Waals surface area contributed by atoms with Gasteiger partial charge in [0, 0.05) is 11.8 Å². The smallest absolute Gasteiger partial charge is 0.333 e. The molecule has 0 saturated heterocycles. The lowest BCUT2D eigenvalue weighted by molar-refractivity contribution is -0.144. The normalized spacial score (nSPS) is 18.6. The first kappa shape index (κ1) is 22.4. The fraction of sp³-hybridized carbons (Fsp3) is 0.417. The standard InChI is InChI=1S/C24H28N2O5/c1-3-29-19-12-17(13-20(14-19)31-22-7-5-6-21(22)27)23(24(28)30-4-2)26-18-10-8-16(15-25)9-11-18/h8-14,21-23,26-27H,3-7H2,1-2H3. The third kappa shape index (κ3) is 5.89. The second kappa shape index (κ2) is 10.7. The van der Waals surface area contributed by atoms with Crippen LogP contribution in [-0.4, -0.2) is 36.5 Å². The summed E-state index contributed by atoms with van der Waals surface area (Å²) in [6.07, 6.45) is 1.62. The molecule has 7 nitrogen and oxygen atoms in total. The van der Waals surface area contributed by atoms with Crippen LogP contribution in [0, 0.1) is 11.3 Å². The van der Waals surface area contributed by atoms with Crippen LogP contribution in [0.3, 0.4) is 0 Å². The Morgan fingerprint density at radius 1 is 1.16 bits per heavy atom. The van der Waals surface area contributed by atoms with Gasteiger partial charge in [-0.05, 0) is 75.1 Å². The summed E-state index contributed by atoms with van der Waals surface area (Å²) >= 11 is 0. The van der Waals surface area contributed by atoms with E-state index in [4.69, 9.17) is 19.5 Å². The van der Waals surface area contributed by atoms with Gasteiger partial charge in [0.2, 0.25) is 0 Å². The summed E-state index contributed by atoms with van der Waals surface area (Å²) in [6.45, 7) is 4.34. The highest BCUT2D eigenvalue weighted by atomic mass is 16.5. The quantitative estimate of drug-likeness (QED) is 0.588. The molecule has 7 heteroatoms. The molecule has 0 heterocycles. The van der Waals surface area contributed by atoms with Crippen molar-refractivity contribution in [2.45, 2.75) is 51.4 Å². The van der Waals surface area contributed by atoms with E-state index in [-0.39, 0.29) is 12.7 Å². The largest absolute Gasteiger partial charge is 0.494 e. The van der Waals surface area contributed by atoms with Gasteiger partial charge in [-0.2, -0.15) is 5.26 Å². The van der Waals surface area contributed by atoms with Crippen molar-refractivity contribution in [1.82, 2.24) is 0 Å². The van der Waals surface area contributed by atoms with Gasteiger partial charge in [0.25, 0.3) is 0 Å². The number of carbonyl (C=O) groups excluding carboxylic acids is 1. The molecule has 164 valence electrons. The molecule has 0 aliphatic heterocycles. The van der Waals surface area contributed by atoms with Crippen molar-refractivity contribution in [3.8, 4) is 17.6 Å².